The second kappa shape index (κ2) is 9.60. The zero-order valence-electron chi connectivity index (χ0n) is 16.1. The van der Waals surface area contributed by atoms with E-state index in [-0.39, 0.29) is 11.1 Å². The highest BCUT2D eigenvalue weighted by atomic mass is 32.1. The van der Waals surface area contributed by atoms with Crippen LogP contribution in [0.15, 0.2) is 70.3 Å². The summed E-state index contributed by atoms with van der Waals surface area (Å²) in [6, 6.07) is 18.6. The number of aromatic nitrogens is 2. The van der Waals surface area contributed by atoms with Gasteiger partial charge in [-0.3, -0.25) is 18.3 Å². The normalized spacial score (nSPS) is 10.8. The van der Waals surface area contributed by atoms with Crippen LogP contribution >= 0.6 is 23.1 Å². The van der Waals surface area contributed by atoms with Crippen molar-refractivity contribution in [3.8, 4) is 32.4 Å². The van der Waals surface area contributed by atoms with Gasteiger partial charge in [-0.05, 0) is 48.2 Å². The van der Waals surface area contributed by atoms with Gasteiger partial charge in [0.25, 0.3) is 11.1 Å². The topological polar surface area (TPSA) is 84.2 Å². The van der Waals surface area contributed by atoms with Crippen molar-refractivity contribution in [2.24, 2.45) is 0 Å². The van der Waals surface area contributed by atoms with Gasteiger partial charge in [0.2, 0.25) is 0 Å². The van der Waals surface area contributed by atoms with E-state index in [9.17, 15) is 9.59 Å². The molecule has 0 radical (unpaired) electrons. The van der Waals surface area contributed by atoms with Crippen molar-refractivity contribution in [1.29, 1.82) is 0 Å². The van der Waals surface area contributed by atoms with Crippen LogP contribution in [-0.4, -0.2) is 22.0 Å². The third kappa shape index (κ3) is 5.28. The summed E-state index contributed by atoms with van der Waals surface area (Å²) in [6.45, 7) is 1.18. The highest BCUT2D eigenvalue weighted by Gasteiger charge is 2.05. The van der Waals surface area contributed by atoms with Gasteiger partial charge >= 0.3 is 0 Å². The molecule has 2 aromatic heterocycles. The molecule has 2 N–H and O–H groups in total. The first-order valence-electron chi connectivity index (χ1n) is 9.51. The molecule has 4 aromatic rings. The van der Waals surface area contributed by atoms with Crippen LogP contribution in [0.5, 0.6) is 11.5 Å². The average Bonchev–Trinajstić information content (AvgIpc) is 3.39. The first-order valence-corrected chi connectivity index (χ1v) is 11.1. The average molecular weight is 441 g/mol. The van der Waals surface area contributed by atoms with Crippen LogP contribution < -0.4 is 20.6 Å². The fourth-order valence-corrected chi connectivity index (χ4v) is 4.27. The summed E-state index contributed by atoms with van der Waals surface area (Å²) in [6.07, 6.45) is 1.72. The fraction of sp³-hybridized carbons (Fsp3) is 0.182. The molecule has 30 heavy (non-hydrogen) atoms. The number of hydrogen-bond acceptors (Lipinski definition) is 6. The van der Waals surface area contributed by atoms with Crippen LogP contribution in [0, 0.1) is 0 Å². The Bertz CT molecular complexity index is 1130. The highest BCUT2D eigenvalue weighted by molar-refractivity contribution is 7.09. The summed E-state index contributed by atoms with van der Waals surface area (Å²) in [5.74, 6) is 1.57. The van der Waals surface area contributed by atoms with Crippen LogP contribution in [-0.2, 0) is 0 Å². The quantitative estimate of drug-likeness (QED) is 0.368. The maximum atomic E-state index is 11.3. The summed E-state index contributed by atoms with van der Waals surface area (Å²) in [4.78, 5) is 24.4. The largest absolute Gasteiger partial charge is 0.494 e. The number of H-pyrrole nitrogens is 2. The van der Waals surface area contributed by atoms with E-state index in [0.717, 1.165) is 45.2 Å². The first kappa shape index (κ1) is 20.2. The molecule has 154 valence electrons. The van der Waals surface area contributed by atoms with Crippen molar-refractivity contribution in [2.45, 2.75) is 12.8 Å². The minimum Gasteiger partial charge on any atom is -0.494 e. The number of ether oxygens (including phenoxy) is 2. The molecule has 0 amide bonds. The number of rotatable bonds is 9. The maximum Gasteiger partial charge on any atom is 0.258 e. The van der Waals surface area contributed by atoms with E-state index in [1.807, 2.05) is 48.5 Å². The monoisotopic (exact) mass is 440 g/mol. The predicted octanol–water partition coefficient (Wildman–Crippen LogP) is 4.76. The zero-order valence-corrected chi connectivity index (χ0v) is 17.7. The van der Waals surface area contributed by atoms with Crippen LogP contribution in [0.1, 0.15) is 12.8 Å². The van der Waals surface area contributed by atoms with Crippen molar-refractivity contribution in [3.63, 3.8) is 0 Å². The second-order valence-electron chi connectivity index (χ2n) is 6.61. The van der Waals surface area contributed by atoms with Gasteiger partial charge in [-0.15, -0.1) is 0 Å². The third-order valence-corrected chi connectivity index (χ3v) is 6.11. The molecule has 0 aliphatic carbocycles. The van der Waals surface area contributed by atoms with E-state index in [1.165, 1.54) is 23.1 Å². The summed E-state index contributed by atoms with van der Waals surface area (Å²) in [5.41, 5.74) is 1.75. The van der Waals surface area contributed by atoms with E-state index in [1.54, 1.807) is 12.1 Å². The Morgan fingerprint density at radius 2 is 1.13 bits per heavy atom. The second-order valence-corrected chi connectivity index (χ2v) is 8.31. The Hall–Kier alpha value is -3.10. The molecular formula is C22H20N2O4S2. The lowest BCUT2D eigenvalue weighted by Crippen LogP contribution is -2.02. The molecule has 8 heteroatoms. The molecule has 0 atom stereocenters. The summed E-state index contributed by atoms with van der Waals surface area (Å²) < 4.78 is 17.1. The van der Waals surface area contributed by atoms with E-state index >= 15 is 0 Å². The van der Waals surface area contributed by atoms with Crippen molar-refractivity contribution >= 4 is 23.1 Å². The van der Waals surface area contributed by atoms with E-state index in [4.69, 9.17) is 9.47 Å². The Balaban J connectivity index is 1.22. The van der Waals surface area contributed by atoms with E-state index < -0.39 is 0 Å². The SMILES string of the molecule is O=c1cc(-c2cccc(OCCCCOc3cccc(-c4cc(=O)[nH]s4)c3)c2)s[nH]1. The van der Waals surface area contributed by atoms with Crippen LogP contribution in [0.4, 0.5) is 0 Å². The van der Waals surface area contributed by atoms with Gasteiger partial charge in [0.15, 0.2) is 0 Å². The Morgan fingerprint density at radius 1 is 0.667 bits per heavy atom. The lowest BCUT2D eigenvalue weighted by atomic mass is 10.2. The van der Waals surface area contributed by atoms with Crippen molar-refractivity contribution in [2.75, 3.05) is 13.2 Å². The van der Waals surface area contributed by atoms with Crippen molar-refractivity contribution in [1.82, 2.24) is 8.75 Å². The lowest BCUT2D eigenvalue weighted by molar-refractivity contribution is 0.266. The molecule has 0 aliphatic heterocycles. The Morgan fingerprint density at radius 3 is 1.53 bits per heavy atom. The summed E-state index contributed by atoms with van der Waals surface area (Å²) in [5, 5.41) is 0. The smallest absolute Gasteiger partial charge is 0.258 e. The molecule has 0 unspecified atom stereocenters. The van der Waals surface area contributed by atoms with Gasteiger partial charge in [-0.25, -0.2) is 0 Å². The molecule has 0 saturated carbocycles. The van der Waals surface area contributed by atoms with Crippen molar-refractivity contribution < 1.29 is 9.47 Å². The van der Waals surface area contributed by atoms with Gasteiger partial charge in [0.1, 0.15) is 11.5 Å². The standard InChI is InChI=1S/C22H20N2O4S2/c25-21-13-19(29-23-21)15-5-3-7-17(11-15)27-9-1-2-10-28-18-8-4-6-16(12-18)20-14-22(26)24-30-20/h3-8,11-14H,1-2,9-10H2,(H,23,25)(H,24,26). The van der Waals surface area contributed by atoms with Crippen LogP contribution in [0.25, 0.3) is 20.9 Å². The number of aromatic amines is 2. The number of hydrogen-bond donors (Lipinski definition) is 2. The summed E-state index contributed by atoms with van der Waals surface area (Å²) in [7, 11) is 0. The maximum absolute atomic E-state index is 11.3. The minimum absolute atomic E-state index is 0.0873. The van der Waals surface area contributed by atoms with Crippen molar-refractivity contribution in [3.05, 3.63) is 81.4 Å². The summed E-state index contributed by atoms with van der Waals surface area (Å²) >= 11 is 2.64. The Labute approximate surface area is 181 Å². The van der Waals surface area contributed by atoms with Crippen LogP contribution in [0.3, 0.4) is 0 Å². The van der Waals surface area contributed by atoms with Gasteiger partial charge < -0.3 is 9.47 Å². The zero-order chi connectivity index (χ0) is 20.8. The minimum atomic E-state index is -0.0873. The van der Waals surface area contributed by atoms with Gasteiger partial charge in [0.05, 0.1) is 23.0 Å². The molecule has 2 aromatic carbocycles. The molecule has 0 spiro atoms. The third-order valence-electron chi connectivity index (χ3n) is 4.36. The van der Waals surface area contributed by atoms with Gasteiger partial charge in [0, 0.05) is 12.1 Å². The Kier molecular flexibility index (Phi) is 6.46. The first-order chi connectivity index (χ1) is 14.7. The molecule has 0 bridgehead atoms. The van der Waals surface area contributed by atoms with Gasteiger partial charge in [-0.1, -0.05) is 47.3 Å². The molecular weight excluding hydrogens is 420 g/mol. The number of unbranched alkanes of at least 4 members (excludes halogenated alkanes) is 1. The van der Waals surface area contributed by atoms with Gasteiger partial charge in [-0.2, -0.15) is 0 Å². The molecule has 2 heterocycles. The molecule has 0 fully saturated rings. The molecule has 4 rings (SSSR count). The van der Waals surface area contributed by atoms with Crippen LogP contribution in [0.2, 0.25) is 0 Å². The van der Waals surface area contributed by atoms with E-state index in [2.05, 4.69) is 8.75 Å². The fourth-order valence-electron chi connectivity index (χ4n) is 2.91. The molecule has 0 saturated heterocycles. The predicted molar refractivity (Wildman–Crippen MR) is 121 cm³/mol. The molecule has 0 aliphatic rings. The molecule has 6 nitrogen and oxygen atoms in total. The number of benzene rings is 2. The highest BCUT2D eigenvalue weighted by Crippen LogP contribution is 2.26. The lowest BCUT2D eigenvalue weighted by Gasteiger charge is -2.09. The van der Waals surface area contributed by atoms with E-state index in [0.29, 0.717) is 13.2 Å². The number of nitrogens with one attached hydrogen (secondary N) is 2.